The second kappa shape index (κ2) is 7.30. The van der Waals surface area contributed by atoms with Gasteiger partial charge in [-0.3, -0.25) is 10.2 Å². The van der Waals surface area contributed by atoms with Gasteiger partial charge in [0.1, 0.15) is 11.6 Å². The molecule has 3 aromatic rings. The normalized spacial score (nSPS) is 17.1. The second-order valence-corrected chi connectivity index (χ2v) is 6.57. The van der Waals surface area contributed by atoms with Crippen molar-refractivity contribution in [2.24, 2.45) is 5.10 Å². The van der Waals surface area contributed by atoms with Crippen LogP contribution in [-0.2, 0) is 6.42 Å². The van der Waals surface area contributed by atoms with Crippen molar-refractivity contribution >= 4 is 11.4 Å². The summed E-state index contributed by atoms with van der Waals surface area (Å²) in [6.45, 7) is 0. The van der Waals surface area contributed by atoms with Crippen LogP contribution in [0.15, 0.2) is 76.6 Å². The van der Waals surface area contributed by atoms with Gasteiger partial charge in [-0.2, -0.15) is 10.4 Å². The van der Waals surface area contributed by atoms with Crippen LogP contribution in [-0.4, -0.2) is 10.7 Å². The number of rotatable bonds is 3. The fourth-order valence-electron chi connectivity index (χ4n) is 3.44. The molecule has 0 unspecified atom stereocenters. The molecule has 0 bridgehead atoms. The fourth-order valence-corrected chi connectivity index (χ4v) is 3.44. The van der Waals surface area contributed by atoms with Crippen molar-refractivity contribution in [3.8, 4) is 6.07 Å². The molecule has 132 valence electrons. The first kappa shape index (κ1) is 16.8. The lowest BCUT2D eigenvalue weighted by Gasteiger charge is -2.26. The van der Waals surface area contributed by atoms with Gasteiger partial charge in [-0.05, 0) is 42.5 Å². The molecule has 1 atom stereocenters. The molecule has 0 saturated carbocycles. The summed E-state index contributed by atoms with van der Waals surface area (Å²) >= 11 is 0. The lowest BCUT2D eigenvalue weighted by atomic mass is 9.81. The van der Waals surface area contributed by atoms with Crippen molar-refractivity contribution in [1.29, 1.82) is 5.26 Å². The van der Waals surface area contributed by atoms with E-state index in [1.807, 2.05) is 54.6 Å². The molecule has 1 heterocycles. The highest BCUT2D eigenvalue weighted by atomic mass is 16.1. The van der Waals surface area contributed by atoms with Crippen LogP contribution in [0.4, 0.5) is 5.69 Å². The number of H-pyrrole nitrogens is 1. The number of hydrogen-bond donors (Lipinski definition) is 2. The van der Waals surface area contributed by atoms with E-state index in [0.29, 0.717) is 6.42 Å². The lowest BCUT2D eigenvalue weighted by Crippen LogP contribution is -2.26. The number of nitriles is 1. The number of hydrazone groups is 1. The Morgan fingerprint density at radius 1 is 1.04 bits per heavy atom. The van der Waals surface area contributed by atoms with Gasteiger partial charge in [0, 0.05) is 11.3 Å². The SMILES string of the molecule is N#Cc1cc2c([nH]c1=O)C[C@H](c1ccccc1)C/C2=N/Nc1ccccc1. The number of fused-ring (bicyclic) bond motifs is 1. The molecule has 0 spiro atoms. The van der Waals surface area contributed by atoms with Gasteiger partial charge in [-0.25, -0.2) is 0 Å². The average Bonchev–Trinajstić information content (AvgIpc) is 2.72. The Kier molecular flexibility index (Phi) is 4.54. The minimum absolute atomic E-state index is 0.110. The number of hydrogen-bond acceptors (Lipinski definition) is 4. The van der Waals surface area contributed by atoms with Crippen LogP contribution >= 0.6 is 0 Å². The summed E-state index contributed by atoms with van der Waals surface area (Å²) in [5.41, 5.74) is 7.45. The topological polar surface area (TPSA) is 81.0 Å². The predicted molar refractivity (Wildman–Crippen MR) is 106 cm³/mol. The van der Waals surface area contributed by atoms with Crippen molar-refractivity contribution in [2.75, 3.05) is 5.43 Å². The van der Waals surface area contributed by atoms with Gasteiger partial charge in [-0.1, -0.05) is 48.5 Å². The summed E-state index contributed by atoms with van der Waals surface area (Å²) in [5, 5.41) is 13.8. The van der Waals surface area contributed by atoms with Crippen molar-refractivity contribution < 1.29 is 0 Å². The zero-order valence-corrected chi connectivity index (χ0v) is 14.6. The Labute approximate surface area is 157 Å². The Hall–Kier alpha value is -3.65. The van der Waals surface area contributed by atoms with Crippen LogP contribution < -0.4 is 11.0 Å². The van der Waals surface area contributed by atoms with E-state index in [4.69, 9.17) is 0 Å². The van der Waals surface area contributed by atoms with E-state index in [-0.39, 0.29) is 17.0 Å². The first-order valence-electron chi connectivity index (χ1n) is 8.84. The summed E-state index contributed by atoms with van der Waals surface area (Å²) in [6, 6.07) is 23.6. The molecule has 1 aliphatic rings. The highest BCUT2D eigenvalue weighted by Gasteiger charge is 2.26. The monoisotopic (exact) mass is 354 g/mol. The third kappa shape index (κ3) is 3.51. The van der Waals surface area contributed by atoms with Gasteiger partial charge < -0.3 is 4.98 Å². The van der Waals surface area contributed by atoms with Gasteiger partial charge in [0.15, 0.2) is 0 Å². The van der Waals surface area contributed by atoms with Crippen molar-refractivity contribution in [1.82, 2.24) is 4.98 Å². The third-order valence-corrected chi connectivity index (χ3v) is 4.81. The number of benzene rings is 2. The van der Waals surface area contributed by atoms with Crippen LogP contribution in [0, 0.1) is 11.3 Å². The lowest BCUT2D eigenvalue weighted by molar-refractivity contribution is 0.677. The minimum atomic E-state index is -0.347. The molecule has 0 fully saturated rings. The van der Waals surface area contributed by atoms with Crippen LogP contribution in [0.5, 0.6) is 0 Å². The number of para-hydroxylation sites is 1. The van der Waals surface area contributed by atoms with E-state index < -0.39 is 0 Å². The molecule has 0 saturated heterocycles. The van der Waals surface area contributed by atoms with E-state index in [0.717, 1.165) is 29.1 Å². The minimum Gasteiger partial charge on any atom is -0.324 e. The summed E-state index contributed by atoms with van der Waals surface area (Å²) < 4.78 is 0. The molecule has 27 heavy (non-hydrogen) atoms. The number of pyridine rings is 1. The summed E-state index contributed by atoms with van der Waals surface area (Å²) in [7, 11) is 0. The summed E-state index contributed by atoms with van der Waals surface area (Å²) in [4.78, 5) is 15.0. The Balaban J connectivity index is 1.76. The smallest absolute Gasteiger partial charge is 0.266 e. The standard InChI is InChI=1S/C22H18N4O/c23-14-17-11-19-20(24-22(17)27)12-16(15-7-3-1-4-8-15)13-21(19)26-25-18-9-5-2-6-10-18/h1-11,16,25H,12-13H2,(H,24,27)/b26-21-/t16-/m0/s1. The second-order valence-electron chi connectivity index (χ2n) is 6.57. The number of aromatic nitrogens is 1. The van der Waals surface area contributed by atoms with E-state index in [2.05, 4.69) is 27.6 Å². The maximum atomic E-state index is 12.1. The van der Waals surface area contributed by atoms with Gasteiger partial charge in [0.2, 0.25) is 0 Å². The molecule has 5 heteroatoms. The van der Waals surface area contributed by atoms with Crippen LogP contribution in [0.1, 0.15) is 34.7 Å². The predicted octanol–water partition coefficient (Wildman–Crippen LogP) is 3.79. The zero-order valence-electron chi connectivity index (χ0n) is 14.6. The quantitative estimate of drug-likeness (QED) is 0.702. The van der Waals surface area contributed by atoms with Crippen LogP contribution in [0.3, 0.4) is 0 Å². The van der Waals surface area contributed by atoms with Gasteiger partial charge >= 0.3 is 0 Å². The molecular weight excluding hydrogens is 336 g/mol. The maximum absolute atomic E-state index is 12.1. The van der Waals surface area contributed by atoms with Crippen LogP contribution in [0.2, 0.25) is 0 Å². The molecule has 2 aromatic carbocycles. The van der Waals surface area contributed by atoms with Crippen molar-refractivity contribution in [3.63, 3.8) is 0 Å². The fraction of sp³-hybridized carbons (Fsp3) is 0.136. The first-order valence-corrected chi connectivity index (χ1v) is 8.84. The van der Waals surface area contributed by atoms with Crippen LogP contribution in [0.25, 0.3) is 0 Å². The molecule has 5 nitrogen and oxygen atoms in total. The van der Waals surface area contributed by atoms with Gasteiger partial charge in [0.05, 0.1) is 11.4 Å². The van der Waals surface area contributed by atoms with E-state index in [9.17, 15) is 10.1 Å². The van der Waals surface area contributed by atoms with E-state index >= 15 is 0 Å². The first-order chi connectivity index (χ1) is 13.2. The number of aromatic amines is 1. The molecule has 4 rings (SSSR count). The molecule has 0 amide bonds. The third-order valence-electron chi connectivity index (χ3n) is 4.81. The van der Waals surface area contributed by atoms with E-state index in [1.54, 1.807) is 6.07 Å². The van der Waals surface area contributed by atoms with Gasteiger partial charge in [0.25, 0.3) is 5.56 Å². The maximum Gasteiger partial charge on any atom is 0.266 e. The molecule has 0 radical (unpaired) electrons. The average molecular weight is 354 g/mol. The highest BCUT2D eigenvalue weighted by molar-refractivity contribution is 6.03. The van der Waals surface area contributed by atoms with Crippen molar-refractivity contribution in [2.45, 2.75) is 18.8 Å². The molecule has 0 aliphatic heterocycles. The van der Waals surface area contributed by atoms with Crippen molar-refractivity contribution in [3.05, 3.63) is 99.5 Å². The number of anilines is 1. The Bertz CT molecular complexity index is 1080. The zero-order chi connectivity index (χ0) is 18.6. The van der Waals surface area contributed by atoms with E-state index in [1.165, 1.54) is 5.56 Å². The summed E-state index contributed by atoms with van der Waals surface area (Å²) in [6.07, 6.45) is 1.44. The van der Waals surface area contributed by atoms with Gasteiger partial charge in [-0.15, -0.1) is 0 Å². The Morgan fingerprint density at radius 2 is 1.74 bits per heavy atom. The summed E-state index contributed by atoms with van der Waals surface area (Å²) in [5.74, 6) is 0.221. The molecule has 1 aliphatic carbocycles. The number of nitrogens with zero attached hydrogens (tertiary/aromatic N) is 2. The molecule has 1 aromatic heterocycles. The Morgan fingerprint density at radius 3 is 2.44 bits per heavy atom. The molecule has 2 N–H and O–H groups in total. The number of nitrogens with one attached hydrogen (secondary N) is 2. The largest absolute Gasteiger partial charge is 0.324 e. The highest BCUT2D eigenvalue weighted by Crippen LogP contribution is 2.32. The molecular formula is C22H18N4O.